The van der Waals surface area contributed by atoms with Crippen LogP contribution in [0.2, 0.25) is 5.02 Å². The number of hydrogen-bond acceptors (Lipinski definition) is 5. The number of aromatic nitrogens is 2. The van der Waals surface area contributed by atoms with E-state index in [1.54, 1.807) is 0 Å². The predicted octanol–water partition coefficient (Wildman–Crippen LogP) is 5.92. The lowest BCUT2D eigenvalue weighted by Crippen LogP contribution is -2.37. The van der Waals surface area contributed by atoms with Gasteiger partial charge in [-0.3, -0.25) is 9.59 Å². The van der Waals surface area contributed by atoms with Gasteiger partial charge in [0.2, 0.25) is 0 Å². The van der Waals surface area contributed by atoms with Crippen molar-refractivity contribution in [3.05, 3.63) is 97.9 Å². The Morgan fingerprint density at radius 1 is 1.06 bits per heavy atom. The Labute approximate surface area is 201 Å². The number of H-pyrrole nitrogens is 1. The number of carbonyl (C=O) groups excluding carboxylic acids is 1. The third-order valence-corrected chi connectivity index (χ3v) is 7.32. The molecule has 1 aliphatic heterocycles. The second kappa shape index (κ2) is 8.50. The van der Waals surface area contributed by atoms with Gasteiger partial charge < -0.3 is 10.3 Å². The molecule has 5 rings (SSSR count). The molecule has 0 saturated heterocycles. The van der Waals surface area contributed by atoms with E-state index in [1.165, 1.54) is 11.8 Å². The van der Waals surface area contributed by atoms with Crippen molar-refractivity contribution in [2.24, 2.45) is 5.41 Å². The van der Waals surface area contributed by atoms with Crippen LogP contribution in [0.15, 0.2) is 75.8 Å². The number of fused-ring (bicyclic) bond motifs is 1. The minimum atomic E-state index is -0.424. The van der Waals surface area contributed by atoms with Crippen molar-refractivity contribution in [3.8, 4) is 0 Å². The molecular formula is C26H24ClN3O2S. The second-order valence-electron chi connectivity index (χ2n) is 9.35. The van der Waals surface area contributed by atoms with Crippen LogP contribution in [0, 0.1) is 5.41 Å². The molecule has 1 aromatic heterocycles. The van der Waals surface area contributed by atoms with E-state index in [4.69, 9.17) is 16.6 Å². The predicted molar refractivity (Wildman–Crippen MR) is 133 cm³/mol. The van der Waals surface area contributed by atoms with Crippen molar-refractivity contribution in [1.82, 2.24) is 9.97 Å². The molecule has 0 amide bonds. The number of aromatic amines is 1. The van der Waals surface area contributed by atoms with Crippen molar-refractivity contribution >= 4 is 35.0 Å². The van der Waals surface area contributed by atoms with Gasteiger partial charge in [0.05, 0.1) is 5.56 Å². The molecule has 2 aromatic carbocycles. The highest BCUT2D eigenvalue weighted by atomic mass is 35.5. The van der Waals surface area contributed by atoms with Crippen LogP contribution in [-0.2, 0) is 10.5 Å². The quantitative estimate of drug-likeness (QED) is 0.360. The number of nitrogens with zero attached hydrogens (tertiary/aromatic N) is 1. The summed E-state index contributed by atoms with van der Waals surface area (Å²) < 4.78 is 0. The number of anilines is 1. The van der Waals surface area contributed by atoms with Gasteiger partial charge in [-0.15, -0.1) is 0 Å². The number of rotatable bonds is 4. The average molecular weight is 478 g/mol. The van der Waals surface area contributed by atoms with Gasteiger partial charge in [0, 0.05) is 34.4 Å². The molecule has 33 heavy (non-hydrogen) atoms. The molecule has 0 spiro atoms. The first-order valence-electron chi connectivity index (χ1n) is 10.9. The summed E-state index contributed by atoms with van der Waals surface area (Å²) in [5.41, 5.74) is 3.73. The highest BCUT2D eigenvalue weighted by molar-refractivity contribution is 7.98. The van der Waals surface area contributed by atoms with E-state index >= 15 is 0 Å². The number of Topliss-reactive ketones (excluding diaryl/α,β-unsaturated/α-hetero) is 1. The van der Waals surface area contributed by atoms with Crippen LogP contribution < -0.4 is 10.9 Å². The summed E-state index contributed by atoms with van der Waals surface area (Å²) in [5, 5.41) is 4.60. The van der Waals surface area contributed by atoms with Gasteiger partial charge in [-0.25, -0.2) is 4.98 Å². The van der Waals surface area contributed by atoms with E-state index in [9.17, 15) is 9.59 Å². The molecule has 5 nitrogen and oxygen atoms in total. The zero-order valence-corrected chi connectivity index (χ0v) is 20.0. The standard InChI is InChI=1S/C26H24ClN3O2S/c1-26(2)12-18-21(19(31)13-26)20(16-6-4-3-5-7-16)22-23(28-18)29-25(30-24(22)32)33-14-15-8-10-17(27)11-9-15/h3-11,20H,12-14H2,1-2H3,(H2,28,29,30,32)/t20-/m1/s1. The lowest BCUT2D eigenvalue weighted by atomic mass is 9.69. The first-order chi connectivity index (χ1) is 15.8. The number of ketones is 1. The van der Waals surface area contributed by atoms with Crippen molar-refractivity contribution in [2.45, 2.75) is 43.5 Å². The third-order valence-electron chi connectivity index (χ3n) is 6.12. The second-order valence-corrected chi connectivity index (χ2v) is 10.8. The van der Waals surface area contributed by atoms with Crippen molar-refractivity contribution in [2.75, 3.05) is 5.32 Å². The van der Waals surface area contributed by atoms with Crippen molar-refractivity contribution in [3.63, 3.8) is 0 Å². The lowest BCUT2D eigenvalue weighted by molar-refractivity contribution is -0.118. The summed E-state index contributed by atoms with van der Waals surface area (Å²) >= 11 is 7.44. The molecule has 1 atom stereocenters. The molecule has 0 radical (unpaired) electrons. The Hall–Kier alpha value is -2.83. The Morgan fingerprint density at radius 3 is 2.52 bits per heavy atom. The van der Waals surface area contributed by atoms with E-state index in [2.05, 4.69) is 24.1 Å². The van der Waals surface area contributed by atoms with Crippen LogP contribution in [0.4, 0.5) is 5.82 Å². The summed E-state index contributed by atoms with van der Waals surface area (Å²) in [4.78, 5) is 34.3. The largest absolute Gasteiger partial charge is 0.343 e. The highest BCUT2D eigenvalue weighted by Crippen LogP contribution is 2.47. The van der Waals surface area contributed by atoms with Gasteiger partial charge in [-0.05, 0) is 35.1 Å². The minimum Gasteiger partial charge on any atom is -0.343 e. The molecule has 168 valence electrons. The smallest absolute Gasteiger partial charge is 0.257 e. The zero-order valence-electron chi connectivity index (χ0n) is 18.4. The number of allylic oxidation sites excluding steroid dienone is 2. The third kappa shape index (κ3) is 4.37. The molecule has 0 saturated carbocycles. The molecule has 2 aliphatic rings. The Morgan fingerprint density at radius 2 is 1.79 bits per heavy atom. The van der Waals surface area contributed by atoms with Gasteiger partial charge >= 0.3 is 0 Å². The van der Waals surface area contributed by atoms with Crippen LogP contribution in [0.3, 0.4) is 0 Å². The molecule has 1 aliphatic carbocycles. The van der Waals surface area contributed by atoms with Gasteiger partial charge in [0.1, 0.15) is 5.82 Å². The summed E-state index contributed by atoms with van der Waals surface area (Å²) in [6.07, 6.45) is 1.20. The van der Waals surface area contributed by atoms with Gasteiger partial charge in [-0.2, -0.15) is 0 Å². The molecule has 3 aromatic rings. The van der Waals surface area contributed by atoms with E-state index in [0.717, 1.165) is 23.2 Å². The van der Waals surface area contributed by atoms with Crippen LogP contribution in [0.5, 0.6) is 0 Å². The molecule has 0 unspecified atom stereocenters. The number of carbonyl (C=O) groups is 1. The maximum atomic E-state index is 13.3. The monoisotopic (exact) mass is 477 g/mol. The zero-order chi connectivity index (χ0) is 23.2. The van der Waals surface area contributed by atoms with Crippen LogP contribution in [0.1, 0.15) is 49.3 Å². The fourth-order valence-electron chi connectivity index (χ4n) is 4.67. The van der Waals surface area contributed by atoms with Crippen LogP contribution in [-0.4, -0.2) is 15.8 Å². The van der Waals surface area contributed by atoms with E-state index in [0.29, 0.717) is 39.3 Å². The summed E-state index contributed by atoms with van der Waals surface area (Å²) in [7, 11) is 0. The summed E-state index contributed by atoms with van der Waals surface area (Å²) in [6, 6.07) is 17.4. The molecule has 7 heteroatoms. The first-order valence-corrected chi connectivity index (χ1v) is 12.3. The van der Waals surface area contributed by atoms with Crippen molar-refractivity contribution in [1.29, 1.82) is 0 Å². The Balaban J connectivity index is 1.56. The van der Waals surface area contributed by atoms with E-state index in [-0.39, 0.29) is 16.8 Å². The topological polar surface area (TPSA) is 74.8 Å². The first kappa shape index (κ1) is 22.0. The normalized spacial score (nSPS) is 19.0. The number of halogens is 1. The maximum absolute atomic E-state index is 13.3. The van der Waals surface area contributed by atoms with Gasteiger partial charge in [0.15, 0.2) is 10.9 Å². The fourth-order valence-corrected chi connectivity index (χ4v) is 5.62. The fraction of sp³-hybridized carbons (Fsp3) is 0.269. The maximum Gasteiger partial charge on any atom is 0.257 e. The molecule has 0 bridgehead atoms. The van der Waals surface area contributed by atoms with E-state index < -0.39 is 5.92 Å². The Kier molecular flexibility index (Phi) is 5.67. The number of nitrogens with one attached hydrogen (secondary N) is 2. The average Bonchev–Trinajstić information content (AvgIpc) is 2.77. The van der Waals surface area contributed by atoms with Crippen LogP contribution in [0.25, 0.3) is 0 Å². The van der Waals surface area contributed by atoms with Crippen LogP contribution >= 0.6 is 23.4 Å². The molecule has 2 heterocycles. The van der Waals surface area contributed by atoms with Gasteiger partial charge in [0.25, 0.3) is 5.56 Å². The molecule has 2 N–H and O–H groups in total. The SMILES string of the molecule is CC1(C)CC(=O)C2=C(C1)Nc1nc(SCc3ccc(Cl)cc3)[nH]c(=O)c1[C@@H]2c1ccccc1. The summed E-state index contributed by atoms with van der Waals surface area (Å²) in [6.45, 7) is 4.20. The highest BCUT2D eigenvalue weighted by Gasteiger charge is 2.42. The number of hydrogen-bond donors (Lipinski definition) is 2. The Bertz CT molecular complexity index is 1310. The summed E-state index contributed by atoms with van der Waals surface area (Å²) in [5.74, 6) is 0.859. The lowest BCUT2D eigenvalue weighted by Gasteiger charge is -2.38. The van der Waals surface area contributed by atoms with Gasteiger partial charge in [-0.1, -0.05) is 79.7 Å². The molecular weight excluding hydrogens is 454 g/mol. The number of thioether (sulfide) groups is 1. The minimum absolute atomic E-state index is 0.0915. The molecule has 0 fully saturated rings. The number of benzene rings is 2. The van der Waals surface area contributed by atoms with Crippen molar-refractivity contribution < 1.29 is 4.79 Å². The van der Waals surface area contributed by atoms with E-state index in [1.807, 2.05) is 54.6 Å².